The Hall–Kier alpha value is -3.14. The van der Waals surface area contributed by atoms with Gasteiger partial charge in [-0.15, -0.1) is 0 Å². The fourth-order valence-electron chi connectivity index (χ4n) is 2.06. The van der Waals surface area contributed by atoms with E-state index < -0.39 is 26.4 Å². The summed E-state index contributed by atoms with van der Waals surface area (Å²) in [6.45, 7) is 1.84. The number of phenolic OH excluding ortho intramolecular Hbond substituents is 1. The minimum Gasteiger partial charge on any atom is -0.500 e. The number of nitrogens with zero attached hydrogens (tertiary/aromatic N) is 3. The lowest BCUT2D eigenvalue weighted by molar-refractivity contribution is -0.386. The van der Waals surface area contributed by atoms with E-state index in [-0.39, 0.29) is 16.2 Å². The molecule has 0 saturated heterocycles. The molecule has 0 spiro atoms. The van der Waals surface area contributed by atoms with Crippen LogP contribution in [0.3, 0.4) is 0 Å². The number of methoxy groups -OCH3 is 1. The van der Waals surface area contributed by atoms with Crippen LogP contribution in [0.15, 0.2) is 46.4 Å². The first-order valence-electron chi connectivity index (χ1n) is 7.31. The fourth-order valence-corrected chi connectivity index (χ4v) is 3.01. The van der Waals surface area contributed by atoms with Gasteiger partial charge in [0.25, 0.3) is 10.0 Å². The van der Waals surface area contributed by atoms with Gasteiger partial charge in [-0.05, 0) is 25.1 Å². The topological polar surface area (TPSA) is 122 Å². The molecule has 0 fully saturated rings. The van der Waals surface area contributed by atoms with Gasteiger partial charge in [-0.2, -0.15) is 17.9 Å². The molecular formula is C16H17N3O6S. The zero-order valence-electron chi connectivity index (χ0n) is 14.3. The van der Waals surface area contributed by atoms with Crippen LogP contribution in [0.4, 0.5) is 5.69 Å². The average molecular weight is 379 g/mol. The molecule has 2 rings (SSSR count). The minimum atomic E-state index is -3.86. The van der Waals surface area contributed by atoms with Gasteiger partial charge in [0.05, 0.1) is 23.1 Å². The molecule has 0 aromatic heterocycles. The third-order valence-electron chi connectivity index (χ3n) is 3.53. The van der Waals surface area contributed by atoms with Gasteiger partial charge < -0.3 is 9.84 Å². The summed E-state index contributed by atoms with van der Waals surface area (Å²) in [7, 11) is -1.36. The van der Waals surface area contributed by atoms with Crippen LogP contribution in [0.2, 0.25) is 0 Å². The molecule has 10 heteroatoms. The Bertz CT molecular complexity index is 955. The molecule has 0 heterocycles. The monoisotopic (exact) mass is 379 g/mol. The average Bonchev–Trinajstić information content (AvgIpc) is 2.60. The van der Waals surface area contributed by atoms with E-state index in [1.54, 1.807) is 12.1 Å². The van der Waals surface area contributed by atoms with E-state index in [0.29, 0.717) is 0 Å². The third-order valence-corrected chi connectivity index (χ3v) is 5.19. The maximum absolute atomic E-state index is 12.5. The number of sulfonamides is 1. The highest BCUT2D eigenvalue weighted by molar-refractivity contribution is 7.89. The van der Waals surface area contributed by atoms with E-state index in [1.807, 2.05) is 6.92 Å². The predicted molar refractivity (Wildman–Crippen MR) is 95.0 cm³/mol. The van der Waals surface area contributed by atoms with Gasteiger partial charge in [0.1, 0.15) is 0 Å². The van der Waals surface area contributed by atoms with E-state index in [4.69, 9.17) is 4.74 Å². The van der Waals surface area contributed by atoms with Gasteiger partial charge in [-0.3, -0.25) is 10.1 Å². The first-order chi connectivity index (χ1) is 12.2. The van der Waals surface area contributed by atoms with Crippen molar-refractivity contribution < 1.29 is 23.2 Å². The molecular weight excluding hydrogens is 362 g/mol. The number of aryl methyl sites for hydroxylation is 1. The zero-order chi connectivity index (χ0) is 19.5. The molecule has 0 saturated carbocycles. The molecule has 9 nitrogen and oxygen atoms in total. The molecule has 0 aliphatic heterocycles. The standard InChI is InChI=1S/C16H17N3O6S/c1-11-4-6-13(7-5-11)26(23,24)18(2)17-10-12-8-14(19(21)22)16(20)15(9-12)25-3/h4-10,20H,1-3H3. The normalized spacial score (nSPS) is 11.5. The van der Waals surface area contributed by atoms with Gasteiger partial charge in [0.2, 0.25) is 5.75 Å². The first-order valence-corrected chi connectivity index (χ1v) is 8.75. The molecule has 0 atom stereocenters. The second-order valence-corrected chi connectivity index (χ2v) is 7.29. The second-order valence-electron chi connectivity index (χ2n) is 5.34. The SMILES string of the molecule is COc1cc(C=NN(C)S(=O)(=O)c2ccc(C)cc2)cc([N+](=O)[O-])c1O. The van der Waals surface area contributed by atoms with Crippen LogP contribution in [0.5, 0.6) is 11.5 Å². The smallest absolute Gasteiger partial charge is 0.315 e. The Morgan fingerprint density at radius 2 is 1.88 bits per heavy atom. The lowest BCUT2D eigenvalue weighted by Gasteiger charge is -2.13. The van der Waals surface area contributed by atoms with Crippen LogP contribution < -0.4 is 4.74 Å². The quantitative estimate of drug-likeness (QED) is 0.467. The highest BCUT2D eigenvalue weighted by atomic mass is 32.2. The number of benzene rings is 2. The van der Waals surface area contributed by atoms with Gasteiger partial charge >= 0.3 is 5.69 Å². The second kappa shape index (κ2) is 7.40. The van der Waals surface area contributed by atoms with Crippen molar-refractivity contribution in [3.05, 3.63) is 57.6 Å². The Kier molecular flexibility index (Phi) is 5.46. The summed E-state index contributed by atoms with van der Waals surface area (Å²) < 4.78 is 30.5. The lowest BCUT2D eigenvalue weighted by Crippen LogP contribution is -2.21. The van der Waals surface area contributed by atoms with Crippen LogP contribution in [-0.4, -0.2) is 43.2 Å². The molecule has 0 aliphatic carbocycles. The summed E-state index contributed by atoms with van der Waals surface area (Å²) in [5.74, 6) is -0.736. The number of phenols is 1. The highest BCUT2D eigenvalue weighted by Gasteiger charge is 2.21. The van der Waals surface area contributed by atoms with Crippen LogP contribution in [0.25, 0.3) is 0 Å². The van der Waals surface area contributed by atoms with Gasteiger partial charge in [0, 0.05) is 18.7 Å². The number of hydrogen-bond donors (Lipinski definition) is 1. The Morgan fingerprint density at radius 3 is 2.42 bits per heavy atom. The number of ether oxygens (including phenoxy) is 1. The molecule has 0 amide bonds. The van der Waals surface area contributed by atoms with Crippen molar-refractivity contribution in [1.82, 2.24) is 4.41 Å². The number of rotatable bonds is 6. The van der Waals surface area contributed by atoms with Gasteiger partial charge in [-0.1, -0.05) is 17.7 Å². The van der Waals surface area contributed by atoms with Crippen molar-refractivity contribution >= 4 is 21.9 Å². The van der Waals surface area contributed by atoms with E-state index in [1.165, 1.54) is 32.4 Å². The van der Waals surface area contributed by atoms with E-state index >= 15 is 0 Å². The number of nitro benzene ring substituents is 1. The molecule has 0 aliphatic rings. The fraction of sp³-hybridized carbons (Fsp3) is 0.188. The summed E-state index contributed by atoms with van der Waals surface area (Å²) in [5, 5.41) is 24.6. The highest BCUT2D eigenvalue weighted by Crippen LogP contribution is 2.36. The molecule has 1 N–H and O–H groups in total. The van der Waals surface area contributed by atoms with Crippen molar-refractivity contribution in [2.75, 3.05) is 14.2 Å². The van der Waals surface area contributed by atoms with Crippen molar-refractivity contribution in [2.24, 2.45) is 5.10 Å². The van der Waals surface area contributed by atoms with Gasteiger partial charge in [-0.25, -0.2) is 0 Å². The van der Waals surface area contributed by atoms with Crippen LogP contribution >= 0.6 is 0 Å². The molecule has 2 aromatic rings. The number of hydrazone groups is 1. The van der Waals surface area contributed by atoms with Crippen molar-refractivity contribution in [1.29, 1.82) is 0 Å². The molecule has 2 aromatic carbocycles. The maximum atomic E-state index is 12.5. The van der Waals surface area contributed by atoms with Crippen molar-refractivity contribution in [2.45, 2.75) is 11.8 Å². The number of hydrogen-bond acceptors (Lipinski definition) is 7. The molecule has 0 bridgehead atoms. The largest absolute Gasteiger partial charge is 0.500 e. The zero-order valence-corrected chi connectivity index (χ0v) is 15.1. The van der Waals surface area contributed by atoms with Crippen LogP contribution in [0.1, 0.15) is 11.1 Å². The predicted octanol–water partition coefficient (Wildman–Crippen LogP) is 2.27. The molecule has 138 valence electrons. The summed E-state index contributed by atoms with van der Waals surface area (Å²) in [4.78, 5) is 10.3. The maximum Gasteiger partial charge on any atom is 0.315 e. The first kappa shape index (κ1) is 19.2. The summed E-state index contributed by atoms with van der Waals surface area (Å²) in [6, 6.07) is 8.62. The molecule has 26 heavy (non-hydrogen) atoms. The third kappa shape index (κ3) is 3.91. The Labute approximate surface area is 150 Å². The molecule has 0 radical (unpaired) electrons. The minimum absolute atomic E-state index is 0.0667. The number of nitro groups is 1. The summed E-state index contributed by atoms with van der Waals surface area (Å²) in [6.07, 6.45) is 1.13. The van der Waals surface area contributed by atoms with E-state index in [2.05, 4.69) is 5.10 Å². The van der Waals surface area contributed by atoms with Crippen molar-refractivity contribution in [3.63, 3.8) is 0 Å². The van der Waals surface area contributed by atoms with E-state index in [0.717, 1.165) is 22.3 Å². The lowest BCUT2D eigenvalue weighted by atomic mass is 10.2. The van der Waals surface area contributed by atoms with E-state index in [9.17, 15) is 23.6 Å². The van der Waals surface area contributed by atoms with Gasteiger partial charge in [0.15, 0.2) is 5.75 Å². The Balaban J connectivity index is 2.35. The van der Waals surface area contributed by atoms with Crippen LogP contribution in [-0.2, 0) is 10.0 Å². The van der Waals surface area contributed by atoms with Crippen LogP contribution in [0, 0.1) is 17.0 Å². The molecule has 0 unspecified atom stereocenters. The Morgan fingerprint density at radius 1 is 1.27 bits per heavy atom. The summed E-state index contributed by atoms with van der Waals surface area (Å²) >= 11 is 0. The number of aromatic hydroxyl groups is 1. The summed E-state index contributed by atoms with van der Waals surface area (Å²) in [5.41, 5.74) is 0.533. The van der Waals surface area contributed by atoms with Crippen molar-refractivity contribution in [3.8, 4) is 11.5 Å².